The molecule has 0 radical (unpaired) electrons. The van der Waals surface area contributed by atoms with E-state index < -0.39 is 0 Å². The first-order chi connectivity index (χ1) is 14.0. The monoisotopic (exact) mass is 380 g/mol. The fraction of sp³-hybridized carbons (Fsp3) is 0.250. The van der Waals surface area contributed by atoms with Gasteiger partial charge in [-0.2, -0.15) is 0 Å². The summed E-state index contributed by atoms with van der Waals surface area (Å²) in [6, 6.07) is 29.4. The van der Waals surface area contributed by atoms with E-state index in [1.165, 1.54) is 22.3 Å². The Morgan fingerprint density at radius 2 is 1.34 bits per heavy atom. The summed E-state index contributed by atoms with van der Waals surface area (Å²) in [4.78, 5) is 13.5. The van der Waals surface area contributed by atoms with Crippen LogP contribution in [0.5, 0.6) is 0 Å². The average molecular weight is 381 g/mol. The molecule has 2 atom stereocenters. The number of carbonyl (C=O) groups is 1. The zero-order valence-electron chi connectivity index (χ0n) is 17.4. The number of Topliss-reactive ketones (excluding diaryl/α,β-unsaturated/α-hetero) is 1. The van der Waals surface area contributed by atoms with E-state index in [1.54, 1.807) is 0 Å². The highest BCUT2D eigenvalue weighted by Crippen LogP contribution is 2.58. The molecule has 2 unspecified atom stereocenters. The second kappa shape index (κ2) is 7.83. The van der Waals surface area contributed by atoms with Crippen molar-refractivity contribution in [3.8, 4) is 0 Å². The van der Waals surface area contributed by atoms with Crippen LogP contribution in [0.25, 0.3) is 0 Å². The average Bonchev–Trinajstić information content (AvgIpc) is 2.73. The van der Waals surface area contributed by atoms with Crippen LogP contribution in [0.3, 0.4) is 0 Å². The summed E-state index contributed by atoms with van der Waals surface area (Å²) in [6.45, 7) is 6.32. The summed E-state index contributed by atoms with van der Waals surface area (Å²) < 4.78 is 0. The summed E-state index contributed by atoms with van der Waals surface area (Å²) in [6.07, 6.45) is 3.16. The third kappa shape index (κ3) is 3.46. The third-order valence-corrected chi connectivity index (χ3v) is 6.31. The van der Waals surface area contributed by atoms with Gasteiger partial charge < -0.3 is 0 Å². The van der Waals surface area contributed by atoms with Gasteiger partial charge >= 0.3 is 0 Å². The summed E-state index contributed by atoms with van der Waals surface area (Å²) in [5.41, 5.74) is 5.68. The minimum atomic E-state index is -0.162. The lowest BCUT2D eigenvalue weighted by Crippen LogP contribution is -2.54. The molecule has 0 saturated heterocycles. The van der Waals surface area contributed by atoms with E-state index in [0.29, 0.717) is 0 Å². The van der Waals surface area contributed by atoms with Crippen LogP contribution in [0.4, 0.5) is 0 Å². The topological polar surface area (TPSA) is 17.1 Å². The standard InChI is InChI=1S/C28H28O/c1-20(2)18-26-25(27(29)22-16-14-21(3)15-17-22)19-28(26,23-10-6-4-7-11-23)24-12-8-5-9-13-24/h4-18,25-26H,19H2,1-3H3. The lowest BCUT2D eigenvalue weighted by Gasteiger charge is -2.55. The highest BCUT2D eigenvalue weighted by Gasteiger charge is 2.57. The molecule has 3 aromatic rings. The maximum absolute atomic E-state index is 13.5. The van der Waals surface area contributed by atoms with Gasteiger partial charge in [-0.05, 0) is 38.3 Å². The number of carbonyl (C=O) groups excluding carboxylic acids is 1. The summed E-state index contributed by atoms with van der Waals surface area (Å²) in [7, 11) is 0. The molecule has 0 N–H and O–H groups in total. The Morgan fingerprint density at radius 1 is 0.828 bits per heavy atom. The van der Waals surface area contributed by atoms with E-state index in [2.05, 4.69) is 87.5 Å². The Labute approximate surface area is 174 Å². The maximum Gasteiger partial charge on any atom is 0.166 e. The number of hydrogen-bond acceptors (Lipinski definition) is 1. The fourth-order valence-corrected chi connectivity index (χ4v) is 4.86. The van der Waals surface area contributed by atoms with Gasteiger partial charge in [-0.1, -0.05) is 102 Å². The van der Waals surface area contributed by atoms with Crippen LogP contribution in [0, 0.1) is 18.8 Å². The predicted molar refractivity (Wildman–Crippen MR) is 120 cm³/mol. The lowest BCUT2D eigenvalue weighted by molar-refractivity contribution is 0.0598. The first-order valence-corrected chi connectivity index (χ1v) is 10.4. The third-order valence-electron chi connectivity index (χ3n) is 6.31. The molecular weight excluding hydrogens is 352 g/mol. The van der Waals surface area contributed by atoms with Crippen LogP contribution in [0.15, 0.2) is 96.6 Å². The molecule has 0 aromatic heterocycles. The van der Waals surface area contributed by atoms with Gasteiger partial charge in [0.2, 0.25) is 0 Å². The molecule has 1 aliphatic rings. The molecule has 0 spiro atoms. The maximum atomic E-state index is 13.5. The van der Waals surface area contributed by atoms with Crippen molar-refractivity contribution in [1.29, 1.82) is 0 Å². The van der Waals surface area contributed by atoms with Crippen molar-refractivity contribution in [2.24, 2.45) is 11.8 Å². The molecule has 1 saturated carbocycles. The molecule has 0 heterocycles. The molecule has 0 amide bonds. The van der Waals surface area contributed by atoms with Gasteiger partial charge in [0.1, 0.15) is 0 Å². The van der Waals surface area contributed by atoms with Gasteiger partial charge in [0, 0.05) is 22.8 Å². The largest absolute Gasteiger partial charge is 0.294 e. The van der Waals surface area contributed by atoms with E-state index >= 15 is 0 Å². The van der Waals surface area contributed by atoms with E-state index in [4.69, 9.17) is 0 Å². The van der Waals surface area contributed by atoms with Crippen LogP contribution in [-0.2, 0) is 5.41 Å². The van der Waals surface area contributed by atoms with Gasteiger partial charge in [0.25, 0.3) is 0 Å². The van der Waals surface area contributed by atoms with Gasteiger partial charge in [-0.15, -0.1) is 0 Å². The van der Waals surface area contributed by atoms with E-state index in [-0.39, 0.29) is 23.0 Å². The number of hydrogen-bond donors (Lipinski definition) is 0. The molecule has 4 rings (SSSR count). The molecule has 146 valence electrons. The van der Waals surface area contributed by atoms with Crippen LogP contribution in [0.2, 0.25) is 0 Å². The van der Waals surface area contributed by atoms with E-state index in [1.807, 2.05) is 24.3 Å². The van der Waals surface area contributed by atoms with Crippen molar-refractivity contribution < 1.29 is 4.79 Å². The first-order valence-electron chi connectivity index (χ1n) is 10.4. The van der Waals surface area contributed by atoms with Gasteiger partial charge in [-0.25, -0.2) is 0 Å². The number of ketones is 1. The molecule has 1 aliphatic carbocycles. The Hall–Kier alpha value is -2.93. The SMILES string of the molecule is CC(C)=CC1C(C(=O)c2ccc(C)cc2)CC1(c1ccccc1)c1ccccc1. The van der Waals surface area contributed by atoms with Crippen molar-refractivity contribution >= 4 is 5.78 Å². The summed E-state index contributed by atoms with van der Waals surface area (Å²) in [5.74, 6) is 0.397. The zero-order chi connectivity index (χ0) is 20.4. The minimum absolute atomic E-state index is 0.00646. The fourth-order valence-electron chi connectivity index (χ4n) is 4.86. The second-order valence-corrected chi connectivity index (χ2v) is 8.51. The highest BCUT2D eigenvalue weighted by atomic mass is 16.1. The van der Waals surface area contributed by atoms with Crippen molar-refractivity contribution in [3.63, 3.8) is 0 Å². The number of allylic oxidation sites excluding steroid dienone is 2. The Bertz CT molecular complexity index is 969. The number of aryl methyl sites for hydroxylation is 1. The Kier molecular flexibility index (Phi) is 5.24. The van der Waals surface area contributed by atoms with Crippen LogP contribution >= 0.6 is 0 Å². The first kappa shape index (κ1) is 19.4. The normalized spacial score (nSPS) is 19.8. The van der Waals surface area contributed by atoms with Crippen molar-refractivity contribution in [3.05, 3.63) is 119 Å². The molecular formula is C28H28O. The van der Waals surface area contributed by atoms with Crippen molar-refractivity contribution in [2.45, 2.75) is 32.6 Å². The van der Waals surface area contributed by atoms with Gasteiger partial charge in [0.05, 0.1) is 0 Å². The number of rotatable bonds is 5. The van der Waals surface area contributed by atoms with E-state index in [0.717, 1.165) is 12.0 Å². The Morgan fingerprint density at radius 3 is 1.83 bits per heavy atom. The smallest absolute Gasteiger partial charge is 0.166 e. The van der Waals surface area contributed by atoms with Crippen LogP contribution in [-0.4, -0.2) is 5.78 Å². The molecule has 29 heavy (non-hydrogen) atoms. The highest BCUT2D eigenvalue weighted by molar-refractivity contribution is 5.99. The van der Waals surface area contributed by atoms with Crippen LogP contribution in [0.1, 0.15) is 47.3 Å². The van der Waals surface area contributed by atoms with Gasteiger partial charge in [-0.3, -0.25) is 4.79 Å². The molecule has 1 fully saturated rings. The molecule has 0 bridgehead atoms. The second-order valence-electron chi connectivity index (χ2n) is 8.51. The molecule has 1 nitrogen and oxygen atoms in total. The van der Waals surface area contributed by atoms with E-state index in [9.17, 15) is 4.79 Å². The quantitative estimate of drug-likeness (QED) is 0.353. The zero-order valence-corrected chi connectivity index (χ0v) is 17.4. The summed E-state index contributed by atoms with van der Waals surface area (Å²) in [5, 5.41) is 0. The number of benzene rings is 3. The van der Waals surface area contributed by atoms with Gasteiger partial charge in [0.15, 0.2) is 5.78 Å². The molecule has 0 aliphatic heterocycles. The molecule has 3 aromatic carbocycles. The van der Waals surface area contributed by atoms with Crippen molar-refractivity contribution in [2.75, 3.05) is 0 Å². The minimum Gasteiger partial charge on any atom is -0.294 e. The Balaban J connectivity index is 1.81. The van der Waals surface area contributed by atoms with Crippen molar-refractivity contribution in [1.82, 2.24) is 0 Å². The lowest BCUT2D eigenvalue weighted by atomic mass is 9.47. The summed E-state index contributed by atoms with van der Waals surface area (Å²) >= 11 is 0. The van der Waals surface area contributed by atoms with Crippen LogP contribution < -0.4 is 0 Å². The molecule has 1 heteroatoms. The predicted octanol–water partition coefficient (Wildman–Crippen LogP) is 6.77.